The van der Waals surface area contributed by atoms with Gasteiger partial charge in [-0.05, 0) is 49.2 Å². The molecule has 0 amide bonds. The third-order valence-electron chi connectivity index (χ3n) is 4.61. The molecule has 0 radical (unpaired) electrons. The van der Waals surface area contributed by atoms with Gasteiger partial charge in [0.1, 0.15) is 35.1 Å². The van der Waals surface area contributed by atoms with Crippen molar-refractivity contribution in [2.24, 2.45) is 5.73 Å². The zero-order chi connectivity index (χ0) is 21.6. The summed E-state index contributed by atoms with van der Waals surface area (Å²) >= 11 is 0. The molecule has 0 aliphatic rings. The van der Waals surface area contributed by atoms with Crippen LogP contribution in [0.1, 0.15) is 30.9 Å². The Morgan fingerprint density at radius 3 is 1.34 bits per heavy atom. The average molecular weight is 403 g/mol. The Morgan fingerprint density at radius 1 is 0.724 bits per heavy atom. The summed E-state index contributed by atoms with van der Waals surface area (Å²) in [5.74, 6) is 1.70. The lowest BCUT2D eigenvalue weighted by Gasteiger charge is -2.27. The van der Waals surface area contributed by atoms with Crippen molar-refractivity contribution in [2.75, 3.05) is 28.4 Å². The molecule has 0 fully saturated rings. The van der Waals surface area contributed by atoms with Crippen LogP contribution in [0.2, 0.25) is 0 Å². The Kier molecular flexibility index (Phi) is 7.73. The van der Waals surface area contributed by atoms with Crippen molar-refractivity contribution in [3.63, 3.8) is 0 Å². The van der Waals surface area contributed by atoms with Crippen LogP contribution < -0.4 is 24.7 Å². The first kappa shape index (κ1) is 22.4. The molecule has 0 saturated carbocycles. The van der Waals surface area contributed by atoms with Crippen LogP contribution >= 0.6 is 0 Å². The van der Waals surface area contributed by atoms with E-state index in [4.69, 9.17) is 29.4 Å². The fourth-order valence-electron chi connectivity index (χ4n) is 3.11. The lowest BCUT2D eigenvalue weighted by atomic mass is 9.86. The maximum Gasteiger partial charge on any atom is 0.322 e. The average Bonchev–Trinajstić information content (AvgIpc) is 2.72. The third kappa shape index (κ3) is 5.54. The highest BCUT2D eigenvalue weighted by atomic mass is 16.5. The molecule has 29 heavy (non-hydrogen) atoms. The number of nitrogens with two attached hydrogens (primary N) is 1. The molecule has 0 aliphatic carbocycles. The van der Waals surface area contributed by atoms with Crippen LogP contribution in [0.5, 0.6) is 23.0 Å². The first-order chi connectivity index (χ1) is 13.8. The fraction of sp³-hybridized carbons (Fsp3) is 0.409. The number of hydrogen-bond acceptors (Lipinski definition) is 7. The van der Waals surface area contributed by atoms with E-state index in [0.717, 1.165) is 11.1 Å². The molecule has 2 N–H and O–H groups in total. The molecule has 7 nitrogen and oxygen atoms in total. The first-order valence-electron chi connectivity index (χ1n) is 9.24. The van der Waals surface area contributed by atoms with Crippen molar-refractivity contribution < 1.29 is 28.5 Å². The molecule has 0 bridgehead atoms. The lowest BCUT2D eigenvalue weighted by molar-refractivity contribution is -0.149. The van der Waals surface area contributed by atoms with E-state index in [0.29, 0.717) is 23.0 Å². The summed E-state index contributed by atoms with van der Waals surface area (Å²) in [5, 5.41) is 0. The molecule has 2 atom stereocenters. The number of esters is 1. The Morgan fingerprint density at radius 2 is 1.07 bits per heavy atom. The van der Waals surface area contributed by atoms with Crippen LogP contribution in [0.25, 0.3) is 0 Å². The smallest absolute Gasteiger partial charge is 0.322 e. The summed E-state index contributed by atoms with van der Waals surface area (Å²) < 4.78 is 27.3. The predicted molar refractivity (Wildman–Crippen MR) is 110 cm³/mol. The molecule has 158 valence electrons. The van der Waals surface area contributed by atoms with Gasteiger partial charge in [0, 0.05) is 18.1 Å². The molecule has 0 aromatic heterocycles. The molecule has 0 unspecified atom stereocenters. The van der Waals surface area contributed by atoms with Crippen molar-refractivity contribution in [2.45, 2.75) is 31.9 Å². The first-order valence-corrected chi connectivity index (χ1v) is 9.24. The monoisotopic (exact) mass is 403 g/mol. The molecule has 7 heteroatoms. The van der Waals surface area contributed by atoms with E-state index in [-0.39, 0.29) is 5.92 Å². The third-order valence-corrected chi connectivity index (χ3v) is 4.61. The molecule has 2 rings (SSSR count). The molecular weight excluding hydrogens is 374 g/mol. The molecular formula is C22H29NO6. The number of methoxy groups -OCH3 is 4. The van der Waals surface area contributed by atoms with Gasteiger partial charge in [0.25, 0.3) is 0 Å². The minimum Gasteiger partial charge on any atom is -0.497 e. The Hall–Kier alpha value is -2.93. The number of ether oxygens (including phenoxy) is 5. The second-order valence-electron chi connectivity index (χ2n) is 6.70. The minimum atomic E-state index is -0.724. The van der Waals surface area contributed by atoms with Crippen molar-refractivity contribution in [3.8, 4) is 23.0 Å². The van der Waals surface area contributed by atoms with Gasteiger partial charge in [-0.3, -0.25) is 4.79 Å². The van der Waals surface area contributed by atoms with E-state index < -0.39 is 18.1 Å². The number of hydrogen-bond donors (Lipinski definition) is 1. The van der Waals surface area contributed by atoms with E-state index in [1.165, 1.54) is 0 Å². The van der Waals surface area contributed by atoms with E-state index in [2.05, 4.69) is 0 Å². The topological polar surface area (TPSA) is 89.2 Å². The summed E-state index contributed by atoms with van der Waals surface area (Å²) in [6, 6.07) is 10.4. The highest BCUT2D eigenvalue weighted by Gasteiger charge is 2.28. The van der Waals surface area contributed by atoms with Gasteiger partial charge >= 0.3 is 5.97 Å². The van der Waals surface area contributed by atoms with Crippen molar-refractivity contribution in [3.05, 3.63) is 47.5 Å². The van der Waals surface area contributed by atoms with Crippen molar-refractivity contribution >= 4 is 5.97 Å². The van der Waals surface area contributed by atoms with Crippen LogP contribution in [0.4, 0.5) is 0 Å². The van der Waals surface area contributed by atoms with Gasteiger partial charge in [0.05, 0.1) is 28.4 Å². The summed E-state index contributed by atoms with van der Waals surface area (Å²) in [6.07, 6.45) is -0.526. The molecule has 0 heterocycles. The van der Waals surface area contributed by atoms with E-state index >= 15 is 0 Å². The Labute approximate surface area is 171 Å². The largest absolute Gasteiger partial charge is 0.497 e. The number of rotatable bonds is 9. The van der Waals surface area contributed by atoms with Gasteiger partial charge < -0.3 is 29.4 Å². The Balaban J connectivity index is 2.62. The van der Waals surface area contributed by atoms with E-state index in [1.54, 1.807) is 47.5 Å². The molecule has 0 saturated heterocycles. The summed E-state index contributed by atoms with van der Waals surface area (Å²) in [7, 11) is 6.34. The quantitative estimate of drug-likeness (QED) is 0.644. The zero-order valence-electron chi connectivity index (χ0n) is 17.7. The van der Waals surface area contributed by atoms with Gasteiger partial charge in [-0.1, -0.05) is 0 Å². The Bertz CT molecular complexity index is 736. The molecule has 2 aromatic carbocycles. The minimum absolute atomic E-state index is 0.342. The van der Waals surface area contributed by atoms with Gasteiger partial charge in [-0.25, -0.2) is 0 Å². The van der Waals surface area contributed by atoms with Crippen LogP contribution in [0, 0.1) is 0 Å². The summed E-state index contributed by atoms with van der Waals surface area (Å²) in [5.41, 5.74) is 7.39. The lowest BCUT2D eigenvalue weighted by Crippen LogP contribution is -2.33. The number of benzene rings is 2. The highest BCUT2D eigenvalue weighted by molar-refractivity contribution is 5.75. The fourth-order valence-corrected chi connectivity index (χ4v) is 3.11. The van der Waals surface area contributed by atoms with Crippen LogP contribution in [-0.4, -0.2) is 46.6 Å². The van der Waals surface area contributed by atoms with E-state index in [9.17, 15) is 4.79 Å². The molecule has 2 aromatic rings. The van der Waals surface area contributed by atoms with Gasteiger partial charge in [-0.15, -0.1) is 0 Å². The number of carbonyl (C=O) groups is 1. The summed E-state index contributed by atoms with van der Waals surface area (Å²) in [4.78, 5) is 12.2. The maximum atomic E-state index is 12.2. The second kappa shape index (κ2) is 10.0. The number of carbonyl (C=O) groups excluding carboxylic acids is 1. The second-order valence-corrected chi connectivity index (χ2v) is 6.70. The van der Waals surface area contributed by atoms with Crippen LogP contribution in [0.3, 0.4) is 0 Å². The molecule has 0 spiro atoms. The SMILES string of the molecule is COc1cc(OC)cc(C(c2cc(OC)cc(OC)c2)[C@H](C)OC(=O)[C@H](C)N)c1. The molecule has 0 aliphatic heterocycles. The normalized spacial score (nSPS) is 12.8. The maximum absolute atomic E-state index is 12.2. The standard InChI is InChI=1S/C22H29NO6/c1-13(23)22(24)29-14(2)21(15-7-17(25-3)11-18(8-15)26-4)16-9-19(27-5)12-20(10-16)28-6/h7-14,21H,23H2,1-6H3/t13-,14-/m0/s1. The van der Waals surface area contributed by atoms with Crippen LogP contribution in [0.15, 0.2) is 36.4 Å². The van der Waals surface area contributed by atoms with Crippen molar-refractivity contribution in [1.82, 2.24) is 0 Å². The summed E-state index contributed by atoms with van der Waals surface area (Å²) in [6.45, 7) is 3.41. The van der Waals surface area contributed by atoms with Crippen LogP contribution in [-0.2, 0) is 9.53 Å². The van der Waals surface area contributed by atoms with E-state index in [1.807, 2.05) is 31.2 Å². The zero-order valence-corrected chi connectivity index (χ0v) is 17.7. The van der Waals surface area contributed by atoms with Gasteiger partial charge in [0.15, 0.2) is 0 Å². The van der Waals surface area contributed by atoms with Crippen molar-refractivity contribution in [1.29, 1.82) is 0 Å². The van der Waals surface area contributed by atoms with Gasteiger partial charge in [-0.2, -0.15) is 0 Å². The van der Waals surface area contributed by atoms with Gasteiger partial charge in [0.2, 0.25) is 0 Å². The predicted octanol–water partition coefficient (Wildman–Crippen LogP) is 3.13. The highest BCUT2D eigenvalue weighted by Crippen LogP contribution is 2.38.